The van der Waals surface area contributed by atoms with Crippen LogP contribution in [0.1, 0.15) is 5.56 Å². The van der Waals surface area contributed by atoms with E-state index in [1.807, 2.05) is 0 Å². The Morgan fingerprint density at radius 2 is 2.00 bits per heavy atom. The molecule has 0 aliphatic rings. The molecule has 1 aromatic carbocycles. The average molecular weight is 141 g/mol. The van der Waals surface area contributed by atoms with Crippen LogP contribution in [0.2, 0.25) is 0 Å². The van der Waals surface area contributed by atoms with Crippen LogP contribution in [0.3, 0.4) is 0 Å². The Labute approximate surface area is 56.8 Å². The summed E-state index contributed by atoms with van der Waals surface area (Å²) in [5.74, 6) is -1.10. The lowest BCUT2D eigenvalue weighted by Crippen LogP contribution is -1.87. The van der Waals surface area contributed by atoms with Crippen molar-refractivity contribution in [1.82, 2.24) is 0 Å². The molecule has 0 aliphatic heterocycles. The van der Waals surface area contributed by atoms with Crippen LogP contribution in [0.4, 0.5) is 8.78 Å². The standard InChI is InChI=1S/C7H5F2N/c8-6-1-2-7(9)5(3-6)4-10/h1-4,10H. The fraction of sp³-hybridized carbons (Fsp3) is 0. The molecule has 0 bridgehead atoms. The highest BCUT2D eigenvalue weighted by molar-refractivity contribution is 5.77. The lowest BCUT2D eigenvalue weighted by molar-refractivity contribution is 0.598. The van der Waals surface area contributed by atoms with E-state index in [2.05, 4.69) is 0 Å². The van der Waals surface area contributed by atoms with E-state index < -0.39 is 11.6 Å². The largest absolute Gasteiger partial charge is 0.308 e. The molecule has 1 N–H and O–H groups in total. The zero-order chi connectivity index (χ0) is 7.56. The zero-order valence-electron chi connectivity index (χ0n) is 5.07. The molecule has 0 spiro atoms. The van der Waals surface area contributed by atoms with Gasteiger partial charge in [0.1, 0.15) is 11.6 Å². The van der Waals surface area contributed by atoms with Crippen molar-refractivity contribution in [3.8, 4) is 0 Å². The topological polar surface area (TPSA) is 23.9 Å². The first kappa shape index (κ1) is 6.86. The number of benzene rings is 1. The van der Waals surface area contributed by atoms with Crippen LogP contribution < -0.4 is 0 Å². The minimum absolute atomic E-state index is 0.0278. The van der Waals surface area contributed by atoms with Gasteiger partial charge in [0, 0.05) is 11.8 Å². The predicted octanol–water partition coefficient (Wildman–Crippen LogP) is 1.96. The van der Waals surface area contributed by atoms with Gasteiger partial charge in [0.05, 0.1) is 0 Å². The maximum Gasteiger partial charge on any atom is 0.132 e. The normalized spacial score (nSPS) is 9.40. The molecule has 0 saturated carbocycles. The fourth-order valence-corrected chi connectivity index (χ4v) is 0.625. The lowest BCUT2D eigenvalue weighted by Gasteiger charge is -1.93. The van der Waals surface area contributed by atoms with Gasteiger partial charge in [-0.25, -0.2) is 8.78 Å². The van der Waals surface area contributed by atoms with E-state index >= 15 is 0 Å². The number of rotatable bonds is 1. The number of nitrogens with one attached hydrogen (secondary N) is 1. The monoisotopic (exact) mass is 141 g/mol. The van der Waals surface area contributed by atoms with Crippen LogP contribution in [0.15, 0.2) is 18.2 Å². The van der Waals surface area contributed by atoms with E-state index in [0.717, 1.165) is 24.4 Å². The summed E-state index contributed by atoms with van der Waals surface area (Å²) < 4.78 is 24.7. The van der Waals surface area contributed by atoms with Crippen molar-refractivity contribution < 1.29 is 8.78 Å². The first-order valence-corrected chi connectivity index (χ1v) is 2.69. The Morgan fingerprint density at radius 3 is 2.50 bits per heavy atom. The maximum absolute atomic E-state index is 12.5. The third kappa shape index (κ3) is 1.18. The first-order chi connectivity index (χ1) is 4.74. The van der Waals surface area contributed by atoms with Gasteiger partial charge in [-0.1, -0.05) is 0 Å². The molecule has 0 atom stereocenters. The van der Waals surface area contributed by atoms with Gasteiger partial charge < -0.3 is 5.41 Å². The Hall–Kier alpha value is -1.25. The van der Waals surface area contributed by atoms with Gasteiger partial charge in [0.2, 0.25) is 0 Å². The molecule has 0 aliphatic carbocycles. The molecule has 1 aromatic rings. The number of hydrogen-bond donors (Lipinski definition) is 1. The van der Waals surface area contributed by atoms with Gasteiger partial charge >= 0.3 is 0 Å². The Bertz CT molecular complexity index is 258. The summed E-state index contributed by atoms with van der Waals surface area (Å²) in [7, 11) is 0. The summed E-state index contributed by atoms with van der Waals surface area (Å²) in [4.78, 5) is 0. The molecule has 3 heteroatoms. The third-order valence-electron chi connectivity index (χ3n) is 1.11. The van der Waals surface area contributed by atoms with Gasteiger partial charge in [-0.2, -0.15) is 0 Å². The fourth-order valence-electron chi connectivity index (χ4n) is 0.625. The highest BCUT2D eigenvalue weighted by Gasteiger charge is 1.98. The number of hydrogen-bond acceptors (Lipinski definition) is 1. The van der Waals surface area contributed by atoms with E-state index in [9.17, 15) is 8.78 Å². The molecule has 0 heterocycles. The van der Waals surface area contributed by atoms with Crippen molar-refractivity contribution in [2.45, 2.75) is 0 Å². The second-order valence-corrected chi connectivity index (χ2v) is 1.81. The molecular weight excluding hydrogens is 136 g/mol. The molecule has 52 valence electrons. The van der Waals surface area contributed by atoms with Crippen LogP contribution in [0.5, 0.6) is 0 Å². The molecule has 0 radical (unpaired) electrons. The molecule has 1 nitrogen and oxygen atoms in total. The van der Waals surface area contributed by atoms with Crippen LogP contribution in [-0.2, 0) is 0 Å². The molecule has 0 aromatic heterocycles. The molecule has 10 heavy (non-hydrogen) atoms. The van der Waals surface area contributed by atoms with E-state index in [1.165, 1.54) is 0 Å². The summed E-state index contributed by atoms with van der Waals surface area (Å²) in [5, 5.41) is 6.65. The van der Waals surface area contributed by atoms with Crippen LogP contribution >= 0.6 is 0 Å². The molecule has 0 unspecified atom stereocenters. The van der Waals surface area contributed by atoms with E-state index in [-0.39, 0.29) is 5.56 Å². The second-order valence-electron chi connectivity index (χ2n) is 1.81. The third-order valence-corrected chi connectivity index (χ3v) is 1.11. The summed E-state index contributed by atoms with van der Waals surface area (Å²) >= 11 is 0. The average Bonchev–Trinajstić information content (AvgIpc) is 1.94. The van der Waals surface area contributed by atoms with E-state index in [4.69, 9.17) is 5.41 Å². The van der Waals surface area contributed by atoms with Crippen LogP contribution in [0, 0.1) is 17.0 Å². The van der Waals surface area contributed by atoms with E-state index in [0.29, 0.717) is 0 Å². The molecule has 1 rings (SSSR count). The number of halogens is 2. The predicted molar refractivity (Wildman–Crippen MR) is 34.2 cm³/mol. The zero-order valence-corrected chi connectivity index (χ0v) is 5.07. The smallest absolute Gasteiger partial charge is 0.132 e. The summed E-state index contributed by atoms with van der Waals surface area (Å²) in [6.45, 7) is 0. The molecule has 0 fully saturated rings. The highest BCUT2D eigenvalue weighted by Crippen LogP contribution is 2.06. The minimum Gasteiger partial charge on any atom is -0.308 e. The molecule has 0 amide bonds. The van der Waals surface area contributed by atoms with Gasteiger partial charge in [-0.15, -0.1) is 0 Å². The Balaban J connectivity index is 3.21. The van der Waals surface area contributed by atoms with Crippen molar-refractivity contribution in [1.29, 1.82) is 5.41 Å². The van der Waals surface area contributed by atoms with Crippen molar-refractivity contribution in [2.75, 3.05) is 0 Å². The summed E-state index contributed by atoms with van der Waals surface area (Å²) in [6, 6.07) is 2.99. The van der Waals surface area contributed by atoms with Gasteiger partial charge in [-0.3, -0.25) is 0 Å². The summed E-state index contributed by atoms with van der Waals surface area (Å²) in [6.07, 6.45) is 0.776. The minimum atomic E-state index is -0.573. The van der Waals surface area contributed by atoms with Crippen molar-refractivity contribution >= 4 is 6.21 Å². The molecule has 0 saturated heterocycles. The van der Waals surface area contributed by atoms with Crippen molar-refractivity contribution in [3.63, 3.8) is 0 Å². The summed E-state index contributed by atoms with van der Waals surface area (Å²) in [5.41, 5.74) is -0.0278. The maximum atomic E-state index is 12.5. The van der Waals surface area contributed by atoms with Gasteiger partial charge in [0.15, 0.2) is 0 Å². The van der Waals surface area contributed by atoms with Gasteiger partial charge in [-0.05, 0) is 18.2 Å². The van der Waals surface area contributed by atoms with Crippen LogP contribution in [0.25, 0.3) is 0 Å². The Kier molecular flexibility index (Phi) is 1.76. The van der Waals surface area contributed by atoms with Gasteiger partial charge in [0.25, 0.3) is 0 Å². The molecular formula is C7H5F2N. The lowest BCUT2D eigenvalue weighted by atomic mass is 10.2. The quantitative estimate of drug-likeness (QED) is 0.578. The van der Waals surface area contributed by atoms with E-state index in [1.54, 1.807) is 0 Å². The van der Waals surface area contributed by atoms with Crippen LogP contribution in [-0.4, -0.2) is 6.21 Å². The Morgan fingerprint density at radius 1 is 1.30 bits per heavy atom. The SMILES string of the molecule is N=Cc1cc(F)ccc1F. The van der Waals surface area contributed by atoms with Crippen molar-refractivity contribution in [2.24, 2.45) is 0 Å². The second kappa shape index (κ2) is 2.56. The van der Waals surface area contributed by atoms with Crippen molar-refractivity contribution in [3.05, 3.63) is 35.4 Å². The first-order valence-electron chi connectivity index (χ1n) is 2.69. The highest BCUT2D eigenvalue weighted by atomic mass is 19.1.